The molecule has 286 valence electrons. The van der Waals surface area contributed by atoms with E-state index in [-0.39, 0.29) is 0 Å². The van der Waals surface area contributed by atoms with E-state index in [1.807, 2.05) is 0 Å². The van der Waals surface area contributed by atoms with Gasteiger partial charge >= 0.3 is 0 Å². The van der Waals surface area contributed by atoms with E-state index in [1.54, 1.807) is 0 Å². The highest BCUT2D eigenvalue weighted by Crippen LogP contribution is 2.34. The predicted octanol–water partition coefficient (Wildman–Crippen LogP) is -9.76. The maximum absolute atomic E-state index is 2.59. The van der Waals surface area contributed by atoms with E-state index in [1.165, 1.54) is 159 Å². The largest absolute Gasteiger partial charge is 0.311 e. The topological polar surface area (TPSA) is 9.86 Å². The van der Waals surface area contributed by atoms with Gasteiger partial charge in [0.2, 0.25) is 0 Å². The molecule has 0 N–H and O–H groups in total. The van der Waals surface area contributed by atoms with Crippen LogP contribution in [0.1, 0.15) is 0 Å². The molecule has 0 aliphatic rings. The zero-order chi connectivity index (χ0) is 44.3. The molecule has 0 unspecified atom stereocenters. The molecule has 0 aliphatic heterocycles. The summed E-state index contributed by atoms with van der Waals surface area (Å²) in [6, 6.07) is 43.3. The Morgan fingerprint density at radius 1 is 0.270 bits per heavy atom. The molecular formula is C48H45B13N2. The number of rotatable bonds is 5. The van der Waals surface area contributed by atoms with Crippen LogP contribution in [0.5, 0.6) is 0 Å². The van der Waals surface area contributed by atoms with E-state index in [4.69, 9.17) is 0 Å². The summed E-state index contributed by atoms with van der Waals surface area (Å²) >= 11 is 0. The molecule has 2 heterocycles. The molecule has 0 spiro atoms. The van der Waals surface area contributed by atoms with Crippen LogP contribution in [0.25, 0.3) is 88.4 Å². The first kappa shape index (κ1) is 41.2. The van der Waals surface area contributed by atoms with Gasteiger partial charge in [0.1, 0.15) is 102 Å². The zero-order valence-corrected chi connectivity index (χ0v) is 39.4. The minimum atomic E-state index is 1.20. The number of benzene rings is 8. The van der Waals surface area contributed by atoms with Crippen LogP contribution in [0.15, 0.2) is 115 Å². The Hall–Kier alpha value is -5.80. The summed E-state index contributed by atoms with van der Waals surface area (Å²) in [5.41, 5.74) is 32.5. The minimum Gasteiger partial charge on any atom is -0.311 e. The van der Waals surface area contributed by atoms with E-state index >= 15 is 0 Å². The highest BCUT2D eigenvalue weighted by Gasteiger charge is 2.26. The number of aromatic nitrogens is 2. The molecule has 8 aromatic carbocycles. The van der Waals surface area contributed by atoms with Crippen molar-refractivity contribution in [2.45, 2.75) is 0 Å². The van der Waals surface area contributed by atoms with E-state index in [0.717, 1.165) is 0 Å². The van der Waals surface area contributed by atoms with Gasteiger partial charge in [-0.2, -0.15) is 0 Å². The van der Waals surface area contributed by atoms with Crippen molar-refractivity contribution in [1.29, 1.82) is 0 Å². The van der Waals surface area contributed by atoms with E-state index in [2.05, 4.69) is 226 Å². The summed E-state index contributed by atoms with van der Waals surface area (Å²) in [7, 11) is 29.9. The SMILES string of the molecule is Bc1ccccc1-c1ccc(-c2ccc(-n3c4c(B)cc(B)c(B)c4c4c(B)c(-c5cc(B)c6c(c5B)c5c(B)c(B)cc(B)c5n6-c5ccccc5)cc(B)c43)c(B)c2)c(B)c1. The highest BCUT2D eigenvalue weighted by atomic mass is 15.0. The fourth-order valence-corrected chi connectivity index (χ4v) is 11.3. The zero-order valence-electron chi connectivity index (χ0n) is 39.4. The number of hydrogen-bond acceptors (Lipinski definition) is 0. The molecule has 10 aromatic rings. The van der Waals surface area contributed by atoms with Crippen LogP contribution in [-0.2, 0) is 0 Å². The molecule has 63 heavy (non-hydrogen) atoms. The summed E-state index contributed by atoms with van der Waals surface area (Å²) in [5.74, 6) is 0. The Bertz CT molecular complexity index is 3610. The molecule has 0 saturated heterocycles. The van der Waals surface area contributed by atoms with E-state index in [0.29, 0.717) is 0 Å². The van der Waals surface area contributed by atoms with Crippen LogP contribution < -0.4 is 71.0 Å². The molecule has 0 bridgehead atoms. The van der Waals surface area contributed by atoms with Gasteiger partial charge in [0.05, 0.1) is 0 Å². The van der Waals surface area contributed by atoms with Gasteiger partial charge in [-0.25, -0.2) is 0 Å². The summed E-state index contributed by atoms with van der Waals surface area (Å²) < 4.78 is 5.12. The van der Waals surface area contributed by atoms with Crippen LogP contribution in [0.4, 0.5) is 0 Å². The predicted molar refractivity (Wildman–Crippen MR) is 318 cm³/mol. The second kappa shape index (κ2) is 15.2. The molecule has 0 amide bonds. The summed E-state index contributed by atoms with van der Waals surface area (Å²) in [6.07, 6.45) is 0. The molecule has 10 rings (SSSR count). The molecule has 0 atom stereocenters. The van der Waals surface area contributed by atoms with Gasteiger partial charge in [0.25, 0.3) is 0 Å². The fourth-order valence-electron chi connectivity index (χ4n) is 11.3. The summed E-state index contributed by atoms with van der Waals surface area (Å²) in [4.78, 5) is 0. The van der Waals surface area contributed by atoms with Gasteiger partial charge in [-0.05, 0) is 62.4 Å². The summed E-state index contributed by atoms with van der Waals surface area (Å²) in [6.45, 7) is 0. The summed E-state index contributed by atoms with van der Waals surface area (Å²) in [5, 5.41) is 5.47. The number of hydrogen-bond donors (Lipinski definition) is 0. The standard InChI is InChI=1S/C48H45B13N2/c49-27-9-5-4-8-23(27)20-10-12-24(28(50)14-20)21-11-13-36(29(51)15-21)63-47-33(55)17-26(42(59)38(47)40-44(61)31(53)19-35(57)48(40)63)25-16-32(54)45-37(41(25)58)39-43(60)30(52)18-34(56)46(39)62(45)22-6-2-1-3-7-22/h1-19H,49-61H2. The monoisotopic (exact) mass is 792 g/mol. The number of para-hydroxylation sites is 1. The van der Waals surface area contributed by atoms with Crippen LogP contribution in [0, 0.1) is 0 Å². The third-order valence-corrected chi connectivity index (χ3v) is 14.7. The van der Waals surface area contributed by atoms with Crippen molar-refractivity contribution in [2.75, 3.05) is 0 Å². The Labute approximate surface area is 383 Å². The van der Waals surface area contributed by atoms with Gasteiger partial charge in [-0.15, -0.1) is 0 Å². The maximum atomic E-state index is 2.59. The molecule has 0 radical (unpaired) electrons. The third-order valence-electron chi connectivity index (χ3n) is 14.7. The van der Waals surface area contributed by atoms with Gasteiger partial charge < -0.3 is 9.13 Å². The minimum absolute atomic E-state index is 1.20. The first-order valence-electron chi connectivity index (χ1n) is 22.6. The van der Waals surface area contributed by atoms with Crippen LogP contribution in [-0.4, -0.2) is 111 Å². The van der Waals surface area contributed by atoms with Crippen molar-refractivity contribution in [3.8, 4) is 44.8 Å². The fraction of sp³-hybridized carbons (Fsp3) is 0. The Morgan fingerprint density at radius 3 is 1.21 bits per heavy atom. The first-order chi connectivity index (χ1) is 30.2. The average Bonchev–Trinajstić information content (AvgIpc) is 3.82. The van der Waals surface area contributed by atoms with Crippen molar-refractivity contribution in [3.05, 3.63) is 115 Å². The second-order valence-electron chi connectivity index (χ2n) is 18.7. The molecule has 0 saturated carbocycles. The maximum Gasteiger partial charge on any atom is 0.142 e. The Balaban J connectivity index is 1.21. The van der Waals surface area contributed by atoms with Crippen molar-refractivity contribution in [3.63, 3.8) is 0 Å². The molecule has 2 aromatic heterocycles. The average molecular weight is 790 g/mol. The van der Waals surface area contributed by atoms with Gasteiger partial charge in [-0.1, -0.05) is 168 Å². The number of fused-ring (bicyclic) bond motifs is 6. The molecule has 15 heteroatoms. The lowest BCUT2D eigenvalue weighted by Crippen LogP contribution is -2.32. The molecule has 0 fully saturated rings. The van der Waals surface area contributed by atoms with Crippen molar-refractivity contribution < 1.29 is 0 Å². The lowest BCUT2D eigenvalue weighted by Gasteiger charge is -2.19. The van der Waals surface area contributed by atoms with Gasteiger partial charge in [0.15, 0.2) is 0 Å². The highest BCUT2D eigenvalue weighted by molar-refractivity contribution is 6.63. The van der Waals surface area contributed by atoms with E-state index in [9.17, 15) is 0 Å². The van der Waals surface area contributed by atoms with Crippen molar-refractivity contribution in [1.82, 2.24) is 9.13 Å². The second-order valence-corrected chi connectivity index (χ2v) is 18.7. The number of nitrogens with zero attached hydrogens (tertiary/aromatic N) is 2. The van der Waals surface area contributed by atoms with E-state index < -0.39 is 0 Å². The Kier molecular flexibility index (Phi) is 9.94. The lowest BCUT2D eigenvalue weighted by atomic mass is 9.70. The molecular weight excluding hydrogens is 745 g/mol. The molecule has 0 aliphatic carbocycles. The van der Waals surface area contributed by atoms with Gasteiger partial charge in [0, 0.05) is 44.2 Å². The smallest absolute Gasteiger partial charge is 0.142 e. The molecule has 2 nitrogen and oxygen atoms in total. The first-order valence-corrected chi connectivity index (χ1v) is 22.6. The van der Waals surface area contributed by atoms with Crippen molar-refractivity contribution in [2.24, 2.45) is 0 Å². The van der Waals surface area contributed by atoms with Crippen LogP contribution in [0.3, 0.4) is 0 Å². The van der Waals surface area contributed by atoms with Gasteiger partial charge in [-0.3, -0.25) is 0 Å². The van der Waals surface area contributed by atoms with Crippen LogP contribution >= 0.6 is 0 Å². The lowest BCUT2D eigenvalue weighted by molar-refractivity contribution is 1.19. The normalized spacial score (nSPS) is 11.7. The quantitative estimate of drug-likeness (QED) is 0.154. The third kappa shape index (κ3) is 6.20. The van der Waals surface area contributed by atoms with Crippen LogP contribution in [0.2, 0.25) is 0 Å². The van der Waals surface area contributed by atoms with Crippen molar-refractivity contribution >= 4 is 217 Å². The Morgan fingerprint density at radius 2 is 0.698 bits per heavy atom.